The highest BCUT2D eigenvalue weighted by molar-refractivity contribution is 5.94. The van der Waals surface area contributed by atoms with Crippen molar-refractivity contribution in [2.75, 3.05) is 22.5 Å². The number of pyridine rings is 1. The Labute approximate surface area is 232 Å². The Morgan fingerprint density at radius 3 is 2.39 bits per heavy atom. The zero-order valence-corrected chi connectivity index (χ0v) is 21.6. The number of halogens is 3. The second-order valence-corrected chi connectivity index (χ2v) is 8.84. The van der Waals surface area contributed by atoms with Crippen molar-refractivity contribution in [2.45, 2.75) is 13.3 Å². The van der Waals surface area contributed by atoms with E-state index in [4.69, 9.17) is 4.52 Å². The molecule has 0 atom stereocenters. The maximum absolute atomic E-state index is 12.4. The molecule has 0 bridgehead atoms. The third kappa shape index (κ3) is 7.38. The second-order valence-electron chi connectivity index (χ2n) is 8.84. The highest BCUT2D eigenvalue weighted by Crippen LogP contribution is 2.27. The van der Waals surface area contributed by atoms with Crippen molar-refractivity contribution in [3.05, 3.63) is 96.7 Å². The number of nitrogens with zero attached hydrogens (tertiary/aromatic N) is 3. The number of hydrogen-bond acceptors (Lipinski definition) is 8. The average Bonchev–Trinajstić information content (AvgIpc) is 3.44. The van der Waals surface area contributed by atoms with E-state index in [2.05, 4.69) is 35.8 Å². The summed E-state index contributed by atoms with van der Waals surface area (Å²) >= 11 is 0. The van der Waals surface area contributed by atoms with E-state index in [0.717, 1.165) is 11.3 Å². The van der Waals surface area contributed by atoms with E-state index in [1.807, 2.05) is 31.2 Å². The number of para-hydroxylation sites is 1. The number of benzene rings is 3. The Hall–Kier alpha value is -5.39. The smallest absolute Gasteiger partial charge is 0.406 e. The van der Waals surface area contributed by atoms with Crippen molar-refractivity contribution >= 4 is 28.8 Å². The number of aryl methyl sites for hydroxylation is 1. The molecule has 0 unspecified atom stereocenters. The van der Waals surface area contributed by atoms with E-state index in [1.165, 1.54) is 24.3 Å². The van der Waals surface area contributed by atoms with Gasteiger partial charge < -0.3 is 25.2 Å². The van der Waals surface area contributed by atoms with Crippen LogP contribution < -0.4 is 20.7 Å². The van der Waals surface area contributed by atoms with Gasteiger partial charge in [-0.25, -0.2) is 4.98 Å². The standard InChI is InChI=1S/C29H23F3N6O3/c1-18-4-2-3-5-24(18)34-17-26(39)36-22-8-6-19(7-9-22)28-37-27(38-41-28)20-14-15-33-25(16-20)35-21-10-12-23(13-11-21)40-29(30,31)32/h2-16,34H,17H2,1H3,(H,33,35)(H,36,39). The Morgan fingerprint density at radius 1 is 0.927 bits per heavy atom. The van der Waals surface area contributed by atoms with Crippen molar-refractivity contribution in [1.82, 2.24) is 15.1 Å². The molecule has 12 heteroatoms. The van der Waals surface area contributed by atoms with E-state index >= 15 is 0 Å². The second kappa shape index (κ2) is 11.8. The highest BCUT2D eigenvalue weighted by atomic mass is 19.4. The first-order valence-electron chi connectivity index (χ1n) is 12.3. The molecule has 0 spiro atoms. The molecule has 0 fully saturated rings. The minimum Gasteiger partial charge on any atom is -0.406 e. The van der Waals surface area contributed by atoms with Crippen molar-refractivity contribution in [3.8, 4) is 28.6 Å². The van der Waals surface area contributed by atoms with Crippen LogP contribution in [0.15, 0.2) is 95.6 Å². The number of ether oxygens (including phenoxy) is 1. The van der Waals surface area contributed by atoms with Gasteiger partial charge in [0.2, 0.25) is 11.7 Å². The Bertz CT molecular complexity index is 1640. The van der Waals surface area contributed by atoms with E-state index in [0.29, 0.717) is 34.1 Å². The van der Waals surface area contributed by atoms with Crippen LogP contribution in [0, 0.1) is 6.92 Å². The summed E-state index contributed by atoms with van der Waals surface area (Å²) in [6.45, 7) is 2.09. The van der Waals surface area contributed by atoms with Gasteiger partial charge in [-0.3, -0.25) is 4.79 Å². The minimum absolute atomic E-state index is 0.125. The van der Waals surface area contributed by atoms with Gasteiger partial charge in [-0.05, 0) is 79.2 Å². The number of carbonyl (C=O) groups is 1. The quantitative estimate of drug-likeness (QED) is 0.180. The van der Waals surface area contributed by atoms with Gasteiger partial charge in [0.25, 0.3) is 5.89 Å². The summed E-state index contributed by atoms with van der Waals surface area (Å²) in [6, 6.07) is 23.4. The molecule has 0 aliphatic carbocycles. The molecule has 2 heterocycles. The summed E-state index contributed by atoms with van der Waals surface area (Å²) in [7, 11) is 0. The molecular weight excluding hydrogens is 537 g/mol. The Morgan fingerprint density at radius 2 is 1.66 bits per heavy atom. The average molecular weight is 561 g/mol. The predicted molar refractivity (Wildman–Crippen MR) is 148 cm³/mol. The van der Waals surface area contributed by atoms with Crippen LogP contribution in [-0.2, 0) is 4.79 Å². The summed E-state index contributed by atoms with van der Waals surface area (Å²) in [5, 5.41) is 13.0. The van der Waals surface area contributed by atoms with Gasteiger partial charge >= 0.3 is 6.36 Å². The summed E-state index contributed by atoms with van der Waals surface area (Å²) in [4.78, 5) is 21.0. The van der Waals surface area contributed by atoms with Crippen LogP contribution in [0.4, 0.5) is 36.1 Å². The molecule has 5 aromatic rings. The third-order valence-corrected chi connectivity index (χ3v) is 5.80. The fourth-order valence-electron chi connectivity index (χ4n) is 3.83. The zero-order chi connectivity index (χ0) is 28.8. The lowest BCUT2D eigenvalue weighted by Crippen LogP contribution is -2.21. The number of nitrogens with one attached hydrogen (secondary N) is 3. The number of amides is 1. The molecule has 1 amide bonds. The molecule has 0 aliphatic heterocycles. The van der Waals surface area contributed by atoms with Gasteiger partial charge in [0.15, 0.2) is 0 Å². The lowest BCUT2D eigenvalue weighted by Gasteiger charge is -2.10. The first-order valence-corrected chi connectivity index (χ1v) is 12.3. The van der Waals surface area contributed by atoms with Crippen molar-refractivity contribution < 1.29 is 27.2 Å². The molecule has 2 aromatic heterocycles. The van der Waals surface area contributed by atoms with Crippen LogP contribution in [0.5, 0.6) is 5.75 Å². The fraction of sp³-hybridized carbons (Fsp3) is 0.103. The zero-order valence-electron chi connectivity index (χ0n) is 21.6. The monoisotopic (exact) mass is 560 g/mol. The normalized spacial score (nSPS) is 11.1. The summed E-state index contributed by atoms with van der Waals surface area (Å²) in [5.41, 5.74) is 4.35. The number of anilines is 4. The number of rotatable bonds is 9. The molecule has 3 aromatic carbocycles. The topological polar surface area (TPSA) is 114 Å². The van der Waals surface area contributed by atoms with Crippen molar-refractivity contribution in [2.24, 2.45) is 0 Å². The van der Waals surface area contributed by atoms with Gasteiger partial charge in [-0.15, -0.1) is 13.2 Å². The van der Waals surface area contributed by atoms with Gasteiger partial charge in [0.05, 0.1) is 6.54 Å². The molecule has 0 saturated carbocycles. The number of carbonyl (C=O) groups excluding carboxylic acids is 1. The SMILES string of the molecule is Cc1ccccc1NCC(=O)Nc1ccc(-c2nc(-c3ccnc(Nc4ccc(OC(F)(F)F)cc4)c3)no2)cc1. The summed E-state index contributed by atoms with van der Waals surface area (Å²) in [5.74, 6) is 0.517. The van der Waals surface area contributed by atoms with Crippen LogP contribution in [0.25, 0.3) is 22.8 Å². The van der Waals surface area contributed by atoms with Crippen molar-refractivity contribution in [1.29, 1.82) is 0 Å². The molecule has 0 saturated heterocycles. The lowest BCUT2D eigenvalue weighted by atomic mass is 10.2. The van der Waals surface area contributed by atoms with Crippen LogP contribution in [0.3, 0.4) is 0 Å². The molecule has 9 nitrogen and oxygen atoms in total. The number of hydrogen-bond donors (Lipinski definition) is 3. The number of alkyl halides is 3. The van der Waals surface area contributed by atoms with E-state index < -0.39 is 6.36 Å². The van der Waals surface area contributed by atoms with Gasteiger partial charge in [0, 0.05) is 34.4 Å². The fourth-order valence-corrected chi connectivity index (χ4v) is 3.83. The summed E-state index contributed by atoms with van der Waals surface area (Å²) in [6.07, 6.45) is -3.22. The van der Waals surface area contributed by atoms with E-state index in [1.54, 1.807) is 42.6 Å². The first-order chi connectivity index (χ1) is 19.7. The molecule has 0 radical (unpaired) electrons. The van der Waals surface area contributed by atoms with Gasteiger partial charge in [-0.1, -0.05) is 23.4 Å². The minimum atomic E-state index is -4.76. The van der Waals surface area contributed by atoms with Gasteiger partial charge in [-0.2, -0.15) is 4.98 Å². The molecule has 0 aliphatic rings. The van der Waals surface area contributed by atoms with Crippen LogP contribution >= 0.6 is 0 Å². The molecule has 5 rings (SSSR count). The molecule has 208 valence electrons. The molecular formula is C29H23F3N6O3. The van der Waals surface area contributed by atoms with Gasteiger partial charge in [0.1, 0.15) is 11.6 Å². The lowest BCUT2D eigenvalue weighted by molar-refractivity contribution is -0.274. The maximum atomic E-state index is 12.4. The van der Waals surface area contributed by atoms with Crippen LogP contribution in [0.2, 0.25) is 0 Å². The largest absolute Gasteiger partial charge is 0.573 e. The predicted octanol–water partition coefficient (Wildman–Crippen LogP) is 6.80. The van der Waals surface area contributed by atoms with E-state index in [9.17, 15) is 18.0 Å². The van der Waals surface area contributed by atoms with Crippen molar-refractivity contribution in [3.63, 3.8) is 0 Å². The van der Waals surface area contributed by atoms with Crippen LogP contribution in [0.1, 0.15) is 5.56 Å². The summed E-state index contributed by atoms with van der Waals surface area (Å²) < 4.78 is 46.4. The Kier molecular flexibility index (Phi) is 7.81. The first kappa shape index (κ1) is 27.2. The maximum Gasteiger partial charge on any atom is 0.573 e. The number of aromatic nitrogens is 3. The Balaban J connectivity index is 1.19. The highest BCUT2D eigenvalue weighted by Gasteiger charge is 2.31. The van der Waals surface area contributed by atoms with E-state index in [-0.39, 0.29) is 24.1 Å². The molecule has 41 heavy (non-hydrogen) atoms. The molecule has 3 N–H and O–H groups in total. The third-order valence-electron chi connectivity index (χ3n) is 5.80. The van der Waals surface area contributed by atoms with Crippen LogP contribution in [-0.4, -0.2) is 33.9 Å².